The van der Waals surface area contributed by atoms with Gasteiger partial charge < -0.3 is 39.0 Å². The fraction of sp³-hybridized carbons (Fsp3) is 0.556. The summed E-state index contributed by atoms with van der Waals surface area (Å²) in [4.78, 5) is 0. The van der Waals surface area contributed by atoms with E-state index in [-0.39, 0.29) is 0 Å². The third-order valence-corrected chi connectivity index (χ3v) is 4.09. The molecule has 1 aromatic carbocycles. The zero-order chi connectivity index (χ0) is 19.1. The summed E-state index contributed by atoms with van der Waals surface area (Å²) in [5, 5.41) is 29.6. The first-order valence-electron chi connectivity index (χ1n) is 8.05. The normalized spacial score (nSPS) is 28.0. The molecule has 1 aliphatic heterocycles. The number of hydrogen-bond donors (Lipinski definition) is 3. The van der Waals surface area contributed by atoms with Crippen molar-refractivity contribution in [3.05, 3.63) is 23.8 Å². The molecule has 0 unspecified atom stereocenters. The van der Waals surface area contributed by atoms with Crippen molar-refractivity contribution in [3.63, 3.8) is 0 Å². The van der Waals surface area contributed by atoms with Crippen molar-refractivity contribution in [1.82, 2.24) is 0 Å². The van der Waals surface area contributed by atoms with Gasteiger partial charge in [-0.15, -0.1) is 0 Å². The summed E-state index contributed by atoms with van der Waals surface area (Å²) in [7, 11) is 4.47. The van der Waals surface area contributed by atoms with Gasteiger partial charge in [-0.25, -0.2) is 0 Å². The molecule has 1 fully saturated rings. The monoisotopic (exact) mass is 368 g/mol. The van der Waals surface area contributed by atoms with Gasteiger partial charge in [0.2, 0.25) is 0 Å². The molecule has 2 rings (SSSR count). The van der Waals surface area contributed by atoms with Gasteiger partial charge in [0.25, 0.3) is 0 Å². The lowest BCUT2D eigenvalue weighted by molar-refractivity contribution is -0.293. The van der Waals surface area contributed by atoms with E-state index in [0.717, 1.165) is 5.56 Å². The molecule has 8 nitrogen and oxygen atoms in total. The van der Waals surface area contributed by atoms with Crippen molar-refractivity contribution in [1.29, 1.82) is 0 Å². The highest BCUT2D eigenvalue weighted by molar-refractivity contribution is 5.42. The van der Waals surface area contributed by atoms with E-state index in [4.69, 9.17) is 23.7 Å². The number of aliphatic hydroxyl groups is 3. The van der Waals surface area contributed by atoms with Gasteiger partial charge in [0.15, 0.2) is 12.4 Å². The van der Waals surface area contributed by atoms with Crippen molar-refractivity contribution in [3.8, 4) is 23.5 Å². The molecule has 0 bridgehead atoms. The first-order chi connectivity index (χ1) is 12.5. The Hall–Kier alpha value is -2.02. The van der Waals surface area contributed by atoms with E-state index in [2.05, 4.69) is 12.0 Å². The molecule has 0 saturated carbocycles. The molecule has 0 aromatic heterocycles. The van der Waals surface area contributed by atoms with Crippen LogP contribution in [0.3, 0.4) is 0 Å². The van der Waals surface area contributed by atoms with Gasteiger partial charge in [0, 0.05) is 25.2 Å². The first kappa shape index (κ1) is 20.3. The van der Waals surface area contributed by atoms with Crippen LogP contribution >= 0.6 is 0 Å². The predicted octanol–water partition coefficient (Wildman–Crippen LogP) is -0.322. The number of benzene rings is 1. The van der Waals surface area contributed by atoms with E-state index in [1.54, 1.807) is 26.4 Å². The summed E-state index contributed by atoms with van der Waals surface area (Å²) in [6, 6.07) is 5.37. The number of hydrogen-bond acceptors (Lipinski definition) is 8. The third-order valence-electron chi connectivity index (χ3n) is 4.09. The lowest BCUT2D eigenvalue weighted by Crippen LogP contribution is -2.59. The Balaban J connectivity index is 2.04. The summed E-state index contributed by atoms with van der Waals surface area (Å²) >= 11 is 0. The molecule has 1 heterocycles. The van der Waals surface area contributed by atoms with Crippen LogP contribution in [0.4, 0.5) is 0 Å². The van der Waals surface area contributed by atoms with Crippen LogP contribution in [0.2, 0.25) is 0 Å². The number of rotatable bonds is 6. The van der Waals surface area contributed by atoms with Gasteiger partial charge in [-0.2, -0.15) is 0 Å². The topological polar surface area (TPSA) is 107 Å². The maximum Gasteiger partial charge on any atom is 0.187 e. The van der Waals surface area contributed by atoms with Crippen molar-refractivity contribution < 1.29 is 39.0 Å². The van der Waals surface area contributed by atoms with Gasteiger partial charge in [0.1, 0.15) is 35.9 Å². The second kappa shape index (κ2) is 9.62. The van der Waals surface area contributed by atoms with Crippen molar-refractivity contribution in [2.75, 3.05) is 27.9 Å². The fourth-order valence-corrected chi connectivity index (χ4v) is 2.63. The minimum atomic E-state index is -1.25. The van der Waals surface area contributed by atoms with E-state index in [1.165, 1.54) is 7.11 Å². The first-order valence-corrected chi connectivity index (χ1v) is 8.05. The van der Waals surface area contributed by atoms with Gasteiger partial charge in [0.05, 0.1) is 20.8 Å². The molecule has 5 atom stereocenters. The smallest absolute Gasteiger partial charge is 0.187 e. The van der Waals surface area contributed by atoms with Crippen molar-refractivity contribution in [2.24, 2.45) is 0 Å². The van der Waals surface area contributed by atoms with Crippen molar-refractivity contribution >= 4 is 0 Å². The summed E-state index contributed by atoms with van der Waals surface area (Å²) in [5.41, 5.74) is 0.834. The Bertz CT molecular complexity index is 622. The minimum absolute atomic E-state index is 0.333. The fourth-order valence-electron chi connectivity index (χ4n) is 2.63. The van der Waals surface area contributed by atoms with E-state index in [0.29, 0.717) is 17.9 Å². The Morgan fingerprint density at radius 3 is 2.50 bits per heavy atom. The molecule has 3 N–H and O–H groups in total. The molecule has 0 spiro atoms. The largest absolute Gasteiger partial charge is 0.497 e. The highest BCUT2D eigenvalue weighted by Crippen LogP contribution is 2.25. The van der Waals surface area contributed by atoms with Gasteiger partial charge in [-0.1, -0.05) is 12.0 Å². The van der Waals surface area contributed by atoms with E-state index in [1.807, 2.05) is 6.07 Å². The van der Waals surface area contributed by atoms with Crippen LogP contribution < -0.4 is 9.47 Å². The highest BCUT2D eigenvalue weighted by atomic mass is 16.7. The summed E-state index contributed by atoms with van der Waals surface area (Å²) in [5.74, 6) is 4.11. The summed E-state index contributed by atoms with van der Waals surface area (Å²) in [6.07, 6.45) is -2.71. The lowest BCUT2D eigenvalue weighted by atomic mass is 9.99. The van der Waals surface area contributed by atoms with Crippen LogP contribution in [0, 0.1) is 12.0 Å². The Morgan fingerprint density at radius 2 is 1.88 bits per heavy atom. The quantitative estimate of drug-likeness (QED) is 0.587. The van der Waals surface area contributed by atoms with Gasteiger partial charge in [-0.05, 0) is 6.07 Å². The Labute approximate surface area is 152 Å². The van der Waals surface area contributed by atoms with Crippen molar-refractivity contribution in [2.45, 2.75) is 37.1 Å². The van der Waals surface area contributed by atoms with Crippen LogP contribution in [0.1, 0.15) is 5.56 Å². The minimum Gasteiger partial charge on any atom is -0.497 e. The Morgan fingerprint density at radius 1 is 1.12 bits per heavy atom. The van der Waals surface area contributed by atoms with Gasteiger partial charge >= 0.3 is 0 Å². The standard InChI is InChI=1S/C18H24O8/c1-22-12-7-6-11(13(9-12)23-2)5-4-8-25-17-15(20)14(10-19)26-18(24-3)16(17)21/h6-7,9,14-21H,5,10H2,1-3H3/t14-,15+,16-,17+,18-/m1/s1. The molecule has 144 valence electrons. The van der Waals surface area contributed by atoms with E-state index in [9.17, 15) is 15.3 Å². The van der Waals surface area contributed by atoms with Crippen LogP contribution in [-0.2, 0) is 20.6 Å². The van der Waals surface area contributed by atoms with Crippen LogP contribution in [-0.4, -0.2) is 74.0 Å². The number of methoxy groups -OCH3 is 3. The molecule has 0 radical (unpaired) electrons. The molecule has 1 aromatic rings. The molecule has 1 aliphatic rings. The zero-order valence-corrected chi connectivity index (χ0v) is 14.9. The number of ether oxygens (including phenoxy) is 5. The molecule has 0 aliphatic carbocycles. The van der Waals surface area contributed by atoms with Crippen LogP contribution in [0.15, 0.2) is 18.2 Å². The average Bonchev–Trinajstić information content (AvgIpc) is 2.67. The molecule has 8 heteroatoms. The zero-order valence-electron chi connectivity index (χ0n) is 14.9. The van der Waals surface area contributed by atoms with Crippen LogP contribution in [0.25, 0.3) is 0 Å². The van der Waals surface area contributed by atoms with E-state index >= 15 is 0 Å². The molecular formula is C18H24O8. The average molecular weight is 368 g/mol. The SMILES string of the molecule is COc1ccc(CC#CO[C@H]2[C@@H](O)[C@@H](CO)O[C@@H](OC)[C@@H]2O)c(OC)c1. The number of aliphatic hydroxyl groups excluding tert-OH is 3. The maximum absolute atomic E-state index is 10.2. The second-order valence-corrected chi connectivity index (χ2v) is 5.66. The molecular weight excluding hydrogens is 344 g/mol. The summed E-state index contributed by atoms with van der Waals surface area (Å²) in [6.45, 7) is -0.440. The summed E-state index contributed by atoms with van der Waals surface area (Å²) < 4.78 is 26.0. The molecule has 0 amide bonds. The maximum atomic E-state index is 10.2. The predicted molar refractivity (Wildman–Crippen MR) is 90.7 cm³/mol. The lowest BCUT2D eigenvalue weighted by Gasteiger charge is -2.39. The molecule has 1 saturated heterocycles. The van der Waals surface area contributed by atoms with Gasteiger partial charge in [-0.3, -0.25) is 0 Å². The van der Waals surface area contributed by atoms with E-state index < -0.39 is 37.3 Å². The highest BCUT2D eigenvalue weighted by Gasteiger charge is 2.46. The van der Waals surface area contributed by atoms with Crippen LogP contribution in [0.5, 0.6) is 11.5 Å². The second-order valence-electron chi connectivity index (χ2n) is 5.66. The third kappa shape index (κ3) is 4.58. The Kier molecular flexibility index (Phi) is 7.50. The molecule has 26 heavy (non-hydrogen) atoms.